The van der Waals surface area contributed by atoms with Crippen LogP contribution in [0.3, 0.4) is 0 Å². The first kappa shape index (κ1) is 16.3. The summed E-state index contributed by atoms with van der Waals surface area (Å²) < 4.78 is 6.87. The van der Waals surface area contributed by atoms with E-state index in [0.29, 0.717) is 29.8 Å². The number of piperidine rings is 1. The zero-order chi connectivity index (χ0) is 17.9. The Hall–Kier alpha value is -3.15. The molecule has 1 unspecified atom stereocenters. The molecule has 4 rings (SSSR count). The Bertz CT molecular complexity index is 1000. The monoisotopic (exact) mass is 349 g/mol. The summed E-state index contributed by atoms with van der Waals surface area (Å²) in [6, 6.07) is 10.8. The summed E-state index contributed by atoms with van der Waals surface area (Å²) in [6.07, 6.45) is 8.05. The third kappa shape index (κ3) is 3.18. The lowest BCUT2D eigenvalue weighted by Crippen LogP contribution is -2.42. The number of para-hydroxylation sites is 1. The van der Waals surface area contributed by atoms with Crippen molar-refractivity contribution in [3.63, 3.8) is 0 Å². The molecule has 6 heteroatoms. The van der Waals surface area contributed by atoms with Gasteiger partial charge in [0, 0.05) is 19.2 Å². The number of likely N-dealkylation sites (tertiary alicyclic amines) is 1. The fraction of sp³-hybridized carbons (Fsp3) is 0.250. The zero-order valence-electron chi connectivity index (χ0n) is 14.2. The first-order chi connectivity index (χ1) is 12.7. The van der Waals surface area contributed by atoms with Gasteiger partial charge in [-0.05, 0) is 43.2 Å². The summed E-state index contributed by atoms with van der Waals surface area (Å²) in [4.78, 5) is 31.4. The van der Waals surface area contributed by atoms with E-state index < -0.39 is 0 Å². The number of rotatable bonds is 3. The van der Waals surface area contributed by atoms with Gasteiger partial charge in [0.2, 0.25) is 5.91 Å². The maximum atomic E-state index is 12.8. The van der Waals surface area contributed by atoms with Gasteiger partial charge in [-0.15, -0.1) is 0 Å². The van der Waals surface area contributed by atoms with Gasteiger partial charge < -0.3 is 9.32 Å². The van der Waals surface area contributed by atoms with Gasteiger partial charge in [0.15, 0.2) is 0 Å². The van der Waals surface area contributed by atoms with Gasteiger partial charge in [0.05, 0.1) is 29.5 Å². The van der Waals surface area contributed by atoms with E-state index >= 15 is 0 Å². The number of carbonyl (C=O) groups excluding carboxylic acids is 1. The molecule has 26 heavy (non-hydrogen) atoms. The quantitative estimate of drug-likeness (QED) is 0.682. The van der Waals surface area contributed by atoms with E-state index in [2.05, 4.69) is 4.98 Å². The van der Waals surface area contributed by atoms with Gasteiger partial charge in [-0.3, -0.25) is 14.2 Å². The van der Waals surface area contributed by atoms with Crippen LogP contribution < -0.4 is 5.56 Å². The number of hydrogen-bond acceptors (Lipinski definition) is 4. The number of carbonyl (C=O) groups is 1. The minimum absolute atomic E-state index is 0.0546. The van der Waals surface area contributed by atoms with Crippen LogP contribution in [-0.4, -0.2) is 33.4 Å². The van der Waals surface area contributed by atoms with Crippen LogP contribution in [0.1, 0.15) is 24.6 Å². The van der Waals surface area contributed by atoms with Crippen molar-refractivity contribution in [2.24, 2.45) is 0 Å². The van der Waals surface area contributed by atoms with E-state index in [4.69, 9.17) is 4.42 Å². The van der Waals surface area contributed by atoms with Crippen LogP contribution in [0.25, 0.3) is 17.0 Å². The van der Waals surface area contributed by atoms with E-state index in [9.17, 15) is 9.59 Å². The predicted octanol–water partition coefficient (Wildman–Crippen LogP) is 2.87. The first-order valence-corrected chi connectivity index (χ1v) is 8.69. The number of furan rings is 1. The van der Waals surface area contributed by atoms with Crippen LogP contribution in [0.15, 0.2) is 64.3 Å². The molecule has 1 fully saturated rings. The summed E-state index contributed by atoms with van der Waals surface area (Å²) in [7, 11) is 0. The molecule has 2 aromatic heterocycles. The topological polar surface area (TPSA) is 68.3 Å². The second-order valence-electron chi connectivity index (χ2n) is 6.40. The molecule has 1 amide bonds. The highest BCUT2D eigenvalue weighted by Crippen LogP contribution is 2.21. The van der Waals surface area contributed by atoms with Crippen molar-refractivity contribution in [3.05, 3.63) is 71.2 Å². The molecule has 3 heterocycles. The minimum atomic E-state index is -0.0760. The SMILES string of the molecule is O=C(C=Cc1ccco1)N1CCCC(n2cnc3ccccc3c2=O)C1. The van der Waals surface area contributed by atoms with E-state index in [1.54, 1.807) is 46.3 Å². The molecule has 3 aromatic rings. The van der Waals surface area contributed by atoms with Crippen LogP contribution in [-0.2, 0) is 4.79 Å². The van der Waals surface area contributed by atoms with E-state index in [0.717, 1.165) is 12.8 Å². The molecule has 1 aromatic carbocycles. The van der Waals surface area contributed by atoms with Gasteiger partial charge in [-0.1, -0.05) is 12.1 Å². The lowest BCUT2D eigenvalue weighted by Gasteiger charge is -2.33. The highest BCUT2D eigenvalue weighted by Gasteiger charge is 2.24. The number of fused-ring (bicyclic) bond motifs is 1. The number of benzene rings is 1. The van der Waals surface area contributed by atoms with Crippen molar-refractivity contribution in [2.45, 2.75) is 18.9 Å². The second-order valence-corrected chi connectivity index (χ2v) is 6.40. The third-order valence-corrected chi connectivity index (χ3v) is 4.73. The van der Waals surface area contributed by atoms with Gasteiger partial charge in [-0.25, -0.2) is 4.98 Å². The number of hydrogen-bond donors (Lipinski definition) is 0. The average molecular weight is 349 g/mol. The smallest absolute Gasteiger partial charge is 0.261 e. The Morgan fingerprint density at radius 2 is 2.12 bits per heavy atom. The van der Waals surface area contributed by atoms with Gasteiger partial charge in [0.25, 0.3) is 5.56 Å². The first-order valence-electron chi connectivity index (χ1n) is 8.69. The molecule has 0 aliphatic carbocycles. The lowest BCUT2D eigenvalue weighted by atomic mass is 10.0. The number of nitrogens with zero attached hydrogens (tertiary/aromatic N) is 3. The molecule has 1 aliphatic rings. The minimum Gasteiger partial charge on any atom is -0.465 e. The van der Waals surface area contributed by atoms with Crippen LogP contribution in [0.2, 0.25) is 0 Å². The molecular weight excluding hydrogens is 330 g/mol. The van der Waals surface area contributed by atoms with Crippen molar-refractivity contribution in [3.8, 4) is 0 Å². The highest BCUT2D eigenvalue weighted by atomic mass is 16.3. The lowest BCUT2D eigenvalue weighted by molar-refractivity contribution is -0.127. The molecule has 1 aliphatic heterocycles. The maximum absolute atomic E-state index is 12.8. The normalized spacial score (nSPS) is 17.8. The largest absolute Gasteiger partial charge is 0.465 e. The van der Waals surface area contributed by atoms with Crippen molar-refractivity contribution < 1.29 is 9.21 Å². The Labute approximate surface area is 150 Å². The molecule has 0 saturated carbocycles. The molecule has 0 radical (unpaired) electrons. The number of aromatic nitrogens is 2. The summed E-state index contributed by atoms with van der Waals surface area (Å²) >= 11 is 0. The van der Waals surface area contributed by atoms with Crippen LogP contribution in [0, 0.1) is 0 Å². The summed E-state index contributed by atoms with van der Waals surface area (Å²) in [5.41, 5.74) is 0.639. The highest BCUT2D eigenvalue weighted by molar-refractivity contribution is 5.91. The summed E-state index contributed by atoms with van der Waals surface area (Å²) in [6.45, 7) is 1.19. The maximum Gasteiger partial charge on any atom is 0.261 e. The van der Waals surface area contributed by atoms with Crippen molar-refractivity contribution >= 4 is 22.9 Å². The Morgan fingerprint density at radius 3 is 2.96 bits per heavy atom. The van der Waals surface area contributed by atoms with Gasteiger partial charge in [-0.2, -0.15) is 0 Å². The van der Waals surface area contributed by atoms with Crippen LogP contribution in [0.4, 0.5) is 0 Å². The molecule has 1 saturated heterocycles. The Kier molecular flexibility index (Phi) is 4.39. The molecule has 132 valence electrons. The fourth-order valence-corrected chi connectivity index (χ4v) is 3.37. The molecular formula is C20H19N3O3. The molecule has 0 spiro atoms. The second kappa shape index (κ2) is 7.00. The predicted molar refractivity (Wildman–Crippen MR) is 98.6 cm³/mol. The molecule has 0 bridgehead atoms. The molecule has 6 nitrogen and oxygen atoms in total. The van der Waals surface area contributed by atoms with Crippen molar-refractivity contribution in [2.75, 3.05) is 13.1 Å². The third-order valence-electron chi connectivity index (χ3n) is 4.73. The average Bonchev–Trinajstić information content (AvgIpc) is 3.20. The van der Waals surface area contributed by atoms with Crippen LogP contribution >= 0.6 is 0 Å². The van der Waals surface area contributed by atoms with E-state index in [1.807, 2.05) is 18.2 Å². The molecule has 0 N–H and O–H groups in total. The Morgan fingerprint density at radius 1 is 1.23 bits per heavy atom. The standard InChI is InChI=1S/C20H19N3O3/c24-19(10-9-16-6-4-12-26-16)22-11-3-5-15(13-22)23-14-21-18-8-2-1-7-17(18)20(23)25/h1-2,4,6-10,12,14-15H,3,5,11,13H2. The van der Waals surface area contributed by atoms with Gasteiger partial charge in [0.1, 0.15) is 5.76 Å². The van der Waals surface area contributed by atoms with E-state index in [1.165, 1.54) is 6.08 Å². The number of amides is 1. The molecule has 1 atom stereocenters. The zero-order valence-corrected chi connectivity index (χ0v) is 14.2. The van der Waals surface area contributed by atoms with Gasteiger partial charge >= 0.3 is 0 Å². The van der Waals surface area contributed by atoms with Crippen molar-refractivity contribution in [1.82, 2.24) is 14.5 Å². The summed E-state index contributed by atoms with van der Waals surface area (Å²) in [5, 5.41) is 0.608. The van der Waals surface area contributed by atoms with Crippen LogP contribution in [0.5, 0.6) is 0 Å². The fourth-order valence-electron chi connectivity index (χ4n) is 3.37. The van der Waals surface area contributed by atoms with E-state index in [-0.39, 0.29) is 17.5 Å². The Balaban J connectivity index is 1.54. The summed E-state index contributed by atoms with van der Waals surface area (Å²) in [5.74, 6) is 0.565. The van der Waals surface area contributed by atoms with Crippen molar-refractivity contribution in [1.29, 1.82) is 0 Å².